The third-order valence-electron chi connectivity index (χ3n) is 5.62. The van der Waals surface area contributed by atoms with E-state index < -0.39 is 4.92 Å². The van der Waals surface area contributed by atoms with E-state index in [9.17, 15) is 19.7 Å². The van der Waals surface area contributed by atoms with Crippen LogP contribution >= 0.6 is 0 Å². The molecule has 1 unspecified atom stereocenters. The second kappa shape index (κ2) is 9.52. The molecule has 0 spiro atoms. The number of fused-ring (bicyclic) bond motifs is 1. The molecule has 1 atom stereocenters. The lowest BCUT2D eigenvalue weighted by Gasteiger charge is -2.30. The molecule has 1 aliphatic rings. The van der Waals surface area contributed by atoms with Gasteiger partial charge in [0, 0.05) is 28.9 Å². The first-order valence-electron chi connectivity index (χ1n) is 10.6. The van der Waals surface area contributed by atoms with Crippen LogP contribution in [0.3, 0.4) is 0 Å². The van der Waals surface area contributed by atoms with Crippen LogP contribution in [-0.2, 0) is 11.3 Å². The summed E-state index contributed by atoms with van der Waals surface area (Å²) in [7, 11) is 0. The molecule has 0 aromatic heterocycles. The number of carbonyl (C=O) groups is 2. The Hall–Kier alpha value is -4.20. The van der Waals surface area contributed by atoms with Gasteiger partial charge < -0.3 is 15.0 Å². The van der Waals surface area contributed by atoms with Crippen molar-refractivity contribution in [3.8, 4) is 5.75 Å². The van der Waals surface area contributed by atoms with E-state index in [0.717, 1.165) is 17.5 Å². The topological polar surface area (TPSA) is 102 Å². The largest absolute Gasteiger partial charge is 0.483 e. The predicted molar refractivity (Wildman–Crippen MR) is 123 cm³/mol. The van der Waals surface area contributed by atoms with Crippen molar-refractivity contribution in [3.63, 3.8) is 0 Å². The lowest BCUT2D eigenvalue weighted by atomic mass is 10.0. The minimum atomic E-state index is -0.514. The highest BCUT2D eigenvalue weighted by Crippen LogP contribution is 2.32. The number of benzene rings is 3. The minimum Gasteiger partial charge on any atom is -0.483 e. The van der Waals surface area contributed by atoms with Gasteiger partial charge in [-0.3, -0.25) is 19.7 Å². The van der Waals surface area contributed by atoms with Crippen molar-refractivity contribution in [2.75, 3.05) is 11.9 Å². The summed E-state index contributed by atoms with van der Waals surface area (Å²) in [6.45, 7) is 2.34. The van der Waals surface area contributed by atoms with Crippen molar-refractivity contribution in [2.45, 2.75) is 25.9 Å². The summed E-state index contributed by atoms with van der Waals surface area (Å²) >= 11 is 0. The van der Waals surface area contributed by atoms with E-state index in [2.05, 4.69) is 5.32 Å². The predicted octanol–water partition coefficient (Wildman–Crippen LogP) is 4.72. The lowest BCUT2D eigenvalue weighted by Crippen LogP contribution is -2.35. The second-order valence-electron chi connectivity index (χ2n) is 7.73. The lowest BCUT2D eigenvalue weighted by molar-refractivity contribution is -0.384. The first kappa shape index (κ1) is 22.0. The average molecular weight is 445 g/mol. The zero-order chi connectivity index (χ0) is 23.4. The number of nitro benzene ring substituents is 1. The highest BCUT2D eigenvalue weighted by Gasteiger charge is 2.28. The molecule has 3 aromatic rings. The third-order valence-corrected chi connectivity index (χ3v) is 5.62. The molecular formula is C25H23N3O5. The number of anilines is 1. The number of hydrogen-bond acceptors (Lipinski definition) is 5. The quantitative estimate of drug-likeness (QED) is 0.437. The van der Waals surface area contributed by atoms with Crippen LogP contribution in [0.15, 0.2) is 72.8 Å². The summed E-state index contributed by atoms with van der Waals surface area (Å²) < 4.78 is 5.73. The summed E-state index contributed by atoms with van der Waals surface area (Å²) in [5, 5.41) is 13.6. The van der Waals surface area contributed by atoms with Crippen molar-refractivity contribution < 1.29 is 19.2 Å². The fraction of sp³-hybridized carbons (Fsp3) is 0.200. The maximum atomic E-state index is 12.9. The summed E-state index contributed by atoms with van der Waals surface area (Å²) in [5.41, 5.74) is 2.61. The Labute approximate surface area is 190 Å². The van der Waals surface area contributed by atoms with Crippen molar-refractivity contribution in [1.82, 2.24) is 4.90 Å². The molecule has 1 heterocycles. The standard InChI is InChI=1S/C25H23N3O5/c1-2-22(17-6-4-3-5-7-17)27-15-19-14-20(10-13-23(19)33-16-24(27)29)26-25(30)18-8-11-21(12-9-18)28(31)32/h3-14,22H,2,15-16H2,1H3,(H,26,30). The van der Waals surface area contributed by atoms with E-state index in [1.54, 1.807) is 18.2 Å². The molecule has 0 saturated carbocycles. The van der Waals surface area contributed by atoms with Crippen LogP contribution in [-0.4, -0.2) is 28.2 Å². The van der Waals surface area contributed by atoms with Crippen molar-refractivity contribution in [1.29, 1.82) is 0 Å². The second-order valence-corrected chi connectivity index (χ2v) is 7.73. The van der Waals surface area contributed by atoms with Gasteiger partial charge in [-0.05, 0) is 42.3 Å². The molecule has 33 heavy (non-hydrogen) atoms. The van der Waals surface area contributed by atoms with Gasteiger partial charge >= 0.3 is 0 Å². The van der Waals surface area contributed by atoms with Gasteiger partial charge in [-0.2, -0.15) is 0 Å². The number of nitro groups is 1. The van der Waals surface area contributed by atoms with E-state index in [1.807, 2.05) is 42.2 Å². The van der Waals surface area contributed by atoms with E-state index in [0.29, 0.717) is 23.5 Å². The van der Waals surface area contributed by atoms with Crippen LogP contribution in [0.2, 0.25) is 0 Å². The highest BCUT2D eigenvalue weighted by atomic mass is 16.6. The Morgan fingerprint density at radius 2 is 1.85 bits per heavy atom. The van der Waals surface area contributed by atoms with Crippen LogP contribution in [0.5, 0.6) is 5.75 Å². The maximum absolute atomic E-state index is 12.9. The van der Waals surface area contributed by atoms with Crippen molar-refractivity contribution in [2.24, 2.45) is 0 Å². The zero-order valence-electron chi connectivity index (χ0n) is 18.1. The monoisotopic (exact) mass is 445 g/mol. The average Bonchev–Trinajstić information content (AvgIpc) is 2.99. The molecule has 8 nitrogen and oxygen atoms in total. The summed E-state index contributed by atoms with van der Waals surface area (Å²) in [4.78, 5) is 37.6. The third kappa shape index (κ3) is 4.85. The molecule has 3 aromatic carbocycles. The summed E-state index contributed by atoms with van der Waals surface area (Å²) in [5.74, 6) is 0.114. The number of nitrogens with zero attached hydrogens (tertiary/aromatic N) is 2. The number of hydrogen-bond donors (Lipinski definition) is 1. The SMILES string of the molecule is CCC(c1ccccc1)N1Cc2cc(NC(=O)c3ccc([N+](=O)[O-])cc3)ccc2OCC1=O. The van der Waals surface area contributed by atoms with E-state index in [1.165, 1.54) is 24.3 Å². The van der Waals surface area contributed by atoms with Gasteiger partial charge in [-0.1, -0.05) is 37.3 Å². The van der Waals surface area contributed by atoms with E-state index in [4.69, 9.17) is 4.74 Å². The van der Waals surface area contributed by atoms with Gasteiger partial charge in [0.1, 0.15) is 5.75 Å². The van der Waals surface area contributed by atoms with Gasteiger partial charge in [0.15, 0.2) is 6.61 Å². The Morgan fingerprint density at radius 3 is 2.52 bits per heavy atom. The van der Waals surface area contributed by atoms with Gasteiger partial charge in [0.05, 0.1) is 17.5 Å². The summed E-state index contributed by atoms with van der Waals surface area (Å²) in [6.07, 6.45) is 0.752. The fourth-order valence-electron chi connectivity index (χ4n) is 3.95. The van der Waals surface area contributed by atoms with Crippen LogP contribution in [0.1, 0.15) is 40.9 Å². The minimum absolute atomic E-state index is 0.0508. The Kier molecular flexibility index (Phi) is 6.35. The number of rotatable bonds is 6. The number of amides is 2. The molecule has 8 heteroatoms. The smallest absolute Gasteiger partial charge is 0.269 e. The molecule has 168 valence electrons. The normalized spacial score (nSPS) is 14.0. The maximum Gasteiger partial charge on any atom is 0.269 e. The van der Waals surface area contributed by atoms with Gasteiger partial charge in [-0.15, -0.1) is 0 Å². The Balaban J connectivity index is 1.56. The zero-order valence-corrected chi connectivity index (χ0v) is 18.1. The number of carbonyl (C=O) groups excluding carboxylic acids is 2. The number of ether oxygens (including phenoxy) is 1. The molecule has 4 rings (SSSR count). The molecule has 0 bridgehead atoms. The molecule has 0 radical (unpaired) electrons. The van der Waals surface area contributed by atoms with Crippen LogP contribution in [0.25, 0.3) is 0 Å². The first-order chi connectivity index (χ1) is 16.0. The Morgan fingerprint density at radius 1 is 1.12 bits per heavy atom. The summed E-state index contributed by atoms with van der Waals surface area (Å²) in [6, 6.07) is 20.4. The van der Waals surface area contributed by atoms with Gasteiger partial charge in [-0.25, -0.2) is 0 Å². The van der Waals surface area contributed by atoms with Crippen LogP contribution in [0, 0.1) is 10.1 Å². The number of nitrogens with one attached hydrogen (secondary N) is 1. The molecule has 0 aliphatic carbocycles. The molecule has 0 fully saturated rings. The molecule has 2 amide bonds. The van der Waals surface area contributed by atoms with Crippen molar-refractivity contribution >= 4 is 23.2 Å². The first-order valence-corrected chi connectivity index (χ1v) is 10.6. The Bertz CT molecular complexity index is 1180. The molecule has 0 saturated heterocycles. The van der Waals surface area contributed by atoms with Crippen LogP contribution < -0.4 is 10.1 Å². The molecule has 1 N–H and O–H groups in total. The number of non-ortho nitro benzene ring substituents is 1. The molecular weight excluding hydrogens is 422 g/mol. The van der Waals surface area contributed by atoms with E-state index >= 15 is 0 Å². The van der Waals surface area contributed by atoms with Gasteiger partial charge in [0.25, 0.3) is 17.5 Å². The molecule has 1 aliphatic heterocycles. The van der Waals surface area contributed by atoms with Crippen molar-refractivity contribution in [3.05, 3.63) is 99.6 Å². The van der Waals surface area contributed by atoms with Gasteiger partial charge in [0.2, 0.25) is 0 Å². The van der Waals surface area contributed by atoms with Crippen LogP contribution in [0.4, 0.5) is 11.4 Å². The fourth-order valence-corrected chi connectivity index (χ4v) is 3.95. The van der Waals surface area contributed by atoms with E-state index in [-0.39, 0.29) is 30.2 Å². The highest BCUT2D eigenvalue weighted by molar-refractivity contribution is 6.04.